The monoisotopic (exact) mass is 212 g/mol. The van der Waals surface area contributed by atoms with Crippen LogP contribution in [0.4, 0.5) is 0 Å². The molecule has 0 radical (unpaired) electrons. The summed E-state index contributed by atoms with van der Waals surface area (Å²) in [6.45, 7) is 0. The van der Waals surface area contributed by atoms with Crippen molar-refractivity contribution in [2.75, 3.05) is 7.11 Å². The number of methoxy groups -OCH3 is 1. The molecule has 1 rings (SSSR count). The molecule has 1 aromatic carbocycles. The fourth-order valence-corrected chi connectivity index (χ4v) is 0.557. The molecular formula is C7H10ORu. The van der Waals surface area contributed by atoms with Crippen molar-refractivity contribution in [1.29, 1.82) is 0 Å². The van der Waals surface area contributed by atoms with E-state index in [1.165, 1.54) is 0 Å². The summed E-state index contributed by atoms with van der Waals surface area (Å²) in [5, 5.41) is 0. The summed E-state index contributed by atoms with van der Waals surface area (Å²) in [4.78, 5) is 0. The van der Waals surface area contributed by atoms with E-state index in [1.807, 2.05) is 30.3 Å². The Balaban J connectivity index is 0.000000640. The first kappa shape index (κ1) is 8.64. The van der Waals surface area contributed by atoms with E-state index in [0.29, 0.717) is 0 Å². The molecule has 0 saturated heterocycles. The van der Waals surface area contributed by atoms with Crippen LogP contribution in [0.2, 0.25) is 0 Å². The van der Waals surface area contributed by atoms with E-state index in [-0.39, 0.29) is 19.5 Å². The zero-order chi connectivity index (χ0) is 5.82. The van der Waals surface area contributed by atoms with E-state index in [9.17, 15) is 0 Å². The van der Waals surface area contributed by atoms with Gasteiger partial charge in [0.15, 0.2) is 0 Å². The number of benzene rings is 1. The molecular weight excluding hydrogens is 201 g/mol. The van der Waals surface area contributed by atoms with Crippen molar-refractivity contribution in [2.45, 2.75) is 0 Å². The molecule has 0 aromatic heterocycles. The van der Waals surface area contributed by atoms with Gasteiger partial charge in [-0.3, -0.25) is 0 Å². The van der Waals surface area contributed by atoms with Crippen LogP contribution >= 0.6 is 0 Å². The molecule has 0 unspecified atom stereocenters. The molecule has 0 spiro atoms. The van der Waals surface area contributed by atoms with Crippen molar-refractivity contribution < 1.29 is 24.2 Å². The minimum atomic E-state index is 0. The Morgan fingerprint density at radius 2 is 1.67 bits per heavy atom. The molecule has 0 atom stereocenters. The van der Waals surface area contributed by atoms with E-state index >= 15 is 0 Å². The molecule has 0 N–H and O–H groups in total. The summed E-state index contributed by atoms with van der Waals surface area (Å²) in [5.74, 6) is 0.910. The third-order valence-electron chi connectivity index (χ3n) is 0.979. The van der Waals surface area contributed by atoms with Gasteiger partial charge in [-0.1, -0.05) is 18.2 Å². The maximum absolute atomic E-state index is 4.91. The summed E-state index contributed by atoms with van der Waals surface area (Å²) < 4.78 is 4.91. The van der Waals surface area contributed by atoms with Gasteiger partial charge in [0.1, 0.15) is 5.75 Å². The van der Waals surface area contributed by atoms with E-state index in [4.69, 9.17) is 4.74 Å². The number of hydrogen-bond acceptors (Lipinski definition) is 1. The van der Waals surface area contributed by atoms with Crippen LogP contribution in [0.3, 0.4) is 0 Å². The molecule has 0 saturated carbocycles. The van der Waals surface area contributed by atoms with Crippen LogP contribution in [0.15, 0.2) is 30.3 Å². The average Bonchev–Trinajstić information content (AvgIpc) is 1.90. The fraction of sp³-hybridized carbons (Fsp3) is 0.143. The molecule has 0 aliphatic heterocycles. The second-order valence-corrected chi connectivity index (χ2v) is 1.52. The van der Waals surface area contributed by atoms with Crippen molar-refractivity contribution in [3.63, 3.8) is 0 Å². The number of para-hydroxylation sites is 1. The zero-order valence-corrected chi connectivity index (χ0v) is 7.21. The zero-order valence-electron chi connectivity index (χ0n) is 5.20. The Hall–Kier alpha value is -0.357. The third-order valence-corrected chi connectivity index (χ3v) is 0.979. The predicted octanol–water partition coefficient (Wildman–Crippen LogP) is 1.16. The van der Waals surface area contributed by atoms with Crippen LogP contribution in [0, 0.1) is 0 Å². The van der Waals surface area contributed by atoms with E-state index in [2.05, 4.69) is 0 Å². The molecule has 2 heteroatoms. The Morgan fingerprint density at radius 1 is 1.11 bits per heavy atom. The standard InChI is InChI=1S/C7H8O.Ru.2H/c1-8-7-5-3-2-4-6-7;;;/h2-6H,1H3;;;. The molecule has 0 aliphatic carbocycles. The van der Waals surface area contributed by atoms with Crippen LogP contribution in [0.1, 0.15) is 0 Å². The Labute approximate surface area is 67.8 Å². The van der Waals surface area contributed by atoms with Gasteiger partial charge in [-0.05, 0) is 12.1 Å². The van der Waals surface area contributed by atoms with E-state index in [1.54, 1.807) is 7.11 Å². The maximum atomic E-state index is 4.91. The Morgan fingerprint density at radius 3 is 2.00 bits per heavy atom. The first-order valence-corrected chi connectivity index (χ1v) is 2.52. The molecule has 0 amide bonds. The molecule has 9 heavy (non-hydrogen) atoms. The van der Waals surface area contributed by atoms with Gasteiger partial charge in [0.05, 0.1) is 7.11 Å². The summed E-state index contributed by atoms with van der Waals surface area (Å²) >= 11 is 0. The number of hydrogen-bond donors (Lipinski definition) is 0. The second kappa shape index (κ2) is 4.52. The van der Waals surface area contributed by atoms with E-state index in [0.717, 1.165) is 5.75 Å². The fourth-order valence-electron chi connectivity index (χ4n) is 0.557. The van der Waals surface area contributed by atoms with Crippen LogP contribution < -0.4 is 4.74 Å². The van der Waals surface area contributed by atoms with Gasteiger partial charge in [-0.25, -0.2) is 0 Å². The van der Waals surface area contributed by atoms with Gasteiger partial charge < -0.3 is 4.74 Å². The van der Waals surface area contributed by atoms with Crippen molar-refractivity contribution in [1.82, 2.24) is 0 Å². The summed E-state index contributed by atoms with van der Waals surface area (Å²) in [6, 6.07) is 9.68. The number of rotatable bonds is 1. The first-order chi connectivity index (χ1) is 3.93. The first-order valence-electron chi connectivity index (χ1n) is 2.52. The quantitative estimate of drug-likeness (QED) is 0.633. The number of ether oxygens (including phenoxy) is 1. The molecule has 52 valence electrons. The van der Waals surface area contributed by atoms with Gasteiger partial charge in [-0.2, -0.15) is 0 Å². The molecule has 0 aliphatic rings. The molecule has 0 heterocycles. The predicted molar refractivity (Wildman–Crippen MR) is 35.8 cm³/mol. The van der Waals surface area contributed by atoms with Crippen LogP contribution in [0.25, 0.3) is 0 Å². The Bertz CT molecular complexity index is 150. The topological polar surface area (TPSA) is 9.23 Å². The van der Waals surface area contributed by atoms with Gasteiger partial charge in [-0.15, -0.1) is 0 Å². The second-order valence-electron chi connectivity index (χ2n) is 1.52. The summed E-state index contributed by atoms with van der Waals surface area (Å²) in [6.07, 6.45) is 0. The average molecular weight is 211 g/mol. The van der Waals surface area contributed by atoms with Crippen molar-refractivity contribution in [3.8, 4) is 5.75 Å². The van der Waals surface area contributed by atoms with Crippen molar-refractivity contribution in [2.24, 2.45) is 0 Å². The van der Waals surface area contributed by atoms with Gasteiger partial charge >= 0.3 is 19.5 Å². The molecule has 1 aromatic rings. The Kier molecular flexibility index (Phi) is 4.34. The third kappa shape index (κ3) is 2.62. The molecule has 1 nitrogen and oxygen atoms in total. The molecule has 0 fully saturated rings. The van der Waals surface area contributed by atoms with Crippen LogP contribution in [-0.2, 0) is 19.5 Å². The van der Waals surface area contributed by atoms with Crippen molar-refractivity contribution in [3.05, 3.63) is 30.3 Å². The minimum absolute atomic E-state index is 0. The van der Waals surface area contributed by atoms with Gasteiger partial charge in [0.2, 0.25) is 0 Å². The van der Waals surface area contributed by atoms with Crippen LogP contribution in [-0.4, -0.2) is 7.11 Å². The molecule has 0 bridgehead atoms. The van der Waals surface area contributed by atoms with Crippen LogP contribution in [0.5, 0.6) is 5.75 Å². The SMILES string of the molecule is COc1ccccc1.[RuH2]. The summed E-state index contributed by atoms with van der Waals surface area (Å²) in [7, 11) is 1.66. The van der Waals surface area contributed by atoms with Crippen molar-refractivity contribution >= 4 is 0 Å². The van der Waals surface area contributed by atoms with Gasteiger partial charge in [0.25, 0.3) is 0 Å². The summed E-state index contributed by atoms with van der Waals surface area (Å²) in [5.41, 5.74) is 0. The van der Waals surface area contributed by atoms with E-state index < -0.39 is 0 Å². The normalized spacial score (nSPS) is 7.67. The van der Waals surface area contributed by atoms with Gasteiger partial charge in [0, 0.05) is 0 Å².